The lowest BCUT2D eigenvalue weighted by molar-refractivity contribution is 0.591. The van der Waals surface area contributed by atoms with Gasteiger partial charge < -0.3 is 0 Å². The Morgan fingerprint density at radius 3 is 2.33 bits per heavy atom. The Morgan fingerprint density at radius 1 is 0.944 bits per heavy atom. The maximum atomic E-state index is 6.21. The van der Waals surface area contributed by atoms with E-state index in [1.54, 1.807) is 0 Å². The van der Waals surface area contributed by atoms with Gasteiger partial charge in [-0.1, -0.05) is 80.0 Å². The Kier molecular flexibility index (Phi) is 3.93. The Balaban J connectivity index is 2.28. The Bertz CT molecular complexity index is 541. The van der Waals surface area contributed by atoms with E-state index >= 15 is 0 Å². The number of rotatable bonds is 2. The molecule has 0 aliphatic carbocycles. The third-order valence-corrected chi connectivity index (χ3v) is 4.67. The summed E-state index contributed by atoms with van der Waals surface area (Å²) in [5.74, 6) is 0. The van der Waals surface area contributed by atoms with Gasteiger partial charge in [0.25, 0.3) is 0 Å². The smallest absolute Gasteiger partial charge is 0.0845 e. The van der Waals surface area contributed by atoms with E-state index in [0.717, 1.165) is 5.02 Å². The minimum atomic E-state index is 0.195. The second-order valence-electron chi connectivity index (χ2n) is 5.44. The van der Waals surface area contributed by atoms with Crippen molar-refractivity contribution in [2.75, 3.05) is 0 Å². The maximum absolute atomic E-state index is 6.21. The molecular weight excluding hydrogens is 256 g/mol. The molecule has 0 atom stereocenters. The lowest BCUT2D eigenvalue weighted by atomic mass is 9.87. The van der Waals surface area contributed by atoms with Crippen LogP contribution in [0.1, 0.15) is 26.3 Å². The highest BCUT2D eigenvalue weighted by atomic mass is 35.5. The van der Waals surface area contributed by atoms with Gasteiger partial charge in [0.15, 0.2) is 0 Å². The molecule has 2 heteroatoms. The van der Waals surface area contributed by atoms with Crippen LogP contribution in [-0.2, 0) is 5.41 Å². The molecule has 0 aliphatic rings. The summed E-state index contributed by atoms with van der Waals surface area (Å²) in [6.07, 6.45) is 0. The van der Waals surface area contributed by atoms with E-state index in [9.17, 15) is 0 Å². The van der Waals surface area contributed by atoms with Crippen LogP contribution in [0.4, 0.5) is 0 Å². The molecular formula is C16H17ClSi. The first kappa shape index (κ1) is 13.4. The quantitative estimate of drug-likeness (QED) is 0.736. The van der Waals surface area contributed by atoms with Crippen molar-refractivity contribution in [2.24, 2.45) is 0 Å². The molecule has 18 heavy (non-hydrogen) atoms. The van der Waals surface area contributed by atoms with Crippen LogP contribution in [0.15, 0.2) is 48.5 Å². The topological polar surface area (TPSA) is 0 Å². The highest BCUT2D eigenvalue weighted by Crippen LogP contribution is 2.20. The van der Waals surface area contributed by atoms with Gasteiger partial charge in [-0.05, 0) is 22.2 Å². The predicted molar refractivity (Wildman–Crippen MR) is 81.6 cm³/mol. The molecule has 2 aromatic rings. The zero-order chi connectivity index (χ0) is 13.2. The summed E-state index contributed by atoms with van der Waals surface area (Å²) >= 11 is 6.21. The van der Waals surface area contributed by atoms with Crippen molar-refractivity contribution in [3.63, 3.8) is 0 Å². The summed E-state index contributed by atoms with van der Waals surface area (Å²) < 4.78 is 0. The zero-order valence-corrected chi connectivity index (χ0v) is 12.8. The van der Waals surface area contributed by atoms with E-state index in [-0.39, 0.29) is 5.41 Å². The molecule has 2 aromatic carbocycles. The van der Waals surface area contributed by atoms with Crippen LogP contribution in [0, 0.1) is 0 Å². The Labute approximate surface area is 117 Å². The summed E-state index contributed by atoms with van der Waals surface area (Å²) in [4.78, 5) is 0. The summed E-state index contributed by atoms with van der Waals surface area (Å²) in [6.45, 7) is 6.72. The van der Waals surface area contributed by atoms with Crippen LogP contribution < -0.4 is 10.4 Å². The van der Waals surface area contributed by atoms with Crippen molar-refractivity contribution >= 4 is 31.5 Å². The minimum Gasteiger partial charge on any atom is -0.0845 e. The molecule has 2 rings (SSSR count). The van der Waals surface area contributed by atoms with Crippen LogP contribution in [0.2, 0.25) is 5.02 Å². The van der Waals surface area contributed by atoms with Crippen LogP contribution >= 0.6 is 11.6 Å². The standard InChI is InChI=1S/C16H17ClSi/c1-16(2,3)12-7-6-8-13(11-12)18-15-10-5-4-9-14(15)17/h4-11H,1-3H3. The maximum Gasteiger partial charge on any atom is 0.123 e. The fourth-order valence-electron chi connectivity index (χ4n) is 1.78. The molecule has 0 unspecified atom stereocenters. The van der Waals surface area contributed by atoms with Crippen molar-refractivity contribution in [2.45, 2.75) is 26.2 Å². The summed E-state index contributed by atoms with van der Waals surface area (Å²) in [5, 5.41) is 3.41. The monoisotopic (exact) mass is 272 g/mol. The van der Waals surface area contributed by atoms with E-state index < -0.39 is 0 Å². The third kappa shape index (κ3) is 3.24. The Hall–Kier alpha value is -1.05. The summed E-state index contributed by atoms with van der Waals surface area (Å²) in [6, 6.07) is 16.9. The molecule has 0 amide bonds. The largest absolute Gasteiger partial charge is 0.123 e. The van der Waals surface area contributed by atoms with Gasteiger partial charge in [-0.15, -0.1) is 0 Å². The second kappa shape index (κ2) is 5.29. The highest BCUT2D eigenvalue weighted by molar-refractivity contribution is 6.70. The fourth-order valence-corrected chi connectivity index (χ4v) is 3.16. The summed E-state index contributed by atoms with van der Waals surface area (Å²) in [5.41, 5.74) is 1.57. The molecule has 0 saturated heterocycles. The van der Waals surface area contributed by atoms with Crippen molar-refractivity contribution in [1.82, 2.24) is 0 Å². The SMILES string of the molecule is CC(C)(C)c1cccc([Si]c2ccccc2Cl)c1. The van der Waals surface area contributed by atoms with Crippen LogP contribution in [0.25, 0.3) is 0 Å². The van der Waals surface area contributed by atoms with Crippen LogP contribution in [-0.4, -0.2) is 9.52 Å². The fraction of sp³-hybridized carbons (Fsp3) is 0.250. The van der Waals surface area contributed by atoms with Gasteiger partial charge in [0.05, 0.1) is 0 Å². The highest BCUT2D eigenvalue weighted by Gasteiger charge is 2.14. The van der Waals surface area contributed by atoms with E-state index in [0.29, 0.717) is 9.52 Å². The van der Waals surface area contributed by atoms with Crippen LogP contribution in [0.5, 0.6) is 0 Å². The van der Waals surface area contributed by atoms with Crippen molar-refractivity contribution in [3.8, 4) is 0 Å². The van der Waals surface area contributed by atoms with Gasteiger partial charge in [-0.25, -0.2) is 0 Å². The molecule has 0 fully saturated rings. The lowest BCUT2D eigenvalue weighted by Gasteiger charge is -2.19. The van der Waals surface area contributed by atoms with E-state index in [4.69, 9.17) is 11.6 Å². The number of halogens is 1. The number of benzene rings is 2. The first-order valence-corrected chi connectivity index (χ1v) is 7.47. The molecule has 0 nitrogen and oxygen atoms in total. The normalized spacial score (nSPS) is 11.6. The number of hydrogen-bond donors (Lipinski definition) is 0. The van der Waals surface area contributed by atoms with Crippen LogP contribution in [0.3, 0.4) is 0 Å². The molecule has 2 radical (unpaired) electrons. The van der Waals surface area contributed by atoms with Gasteiger partial charge in [-0.3, -0.25) is 0 Å². The second-order valence-corrected chi connectivity index (χ2v) is 7.21. The van der Waals surface area contributed by atoms with E-state index in [1.807, 2.05) is 18.2 Å². The first-order chi connectivity index (χ1) is 8.47. The molecule has 0 aromatic heterocycles. The van der Waals surface area contributed by atoms with Gasteiger partial charge >= 0.3 is 0 Å². The van der Waals surface area contributed by atoms with Gasteiger partial charge in [-0.2, -0.15) is 0 Å². The van der Waals surface area contributed by atoms with Crippen molar-refractivity contribution in [1.29, 1.82) is 0 Å². The van der Waals surface area contributed by atoms with Gasteiger partial charge in [0, 0.05) is 5.02 Å². The van der Waals surface area contributed by atoms with E-state index in [2.05, 4.69) is 51.1 Å². The molecule has 0 spiro atoms. The lowest BCUT2D eigenvalue weighted by Crippen LogP contribution is -2.29. The van der Waals surface area contributed by atoms with Gasteiger partial charge in [0.2, 0.25) is 0 Å². The minimum absolute atomic E-state index is 0.195. The van der Waals surface area contributed by atoms with E-state index in [1.165, 1.54) is 15.9 Å². The average Bonchev–Trinajstić information content (AvgIpc) is 2.31. The third-order valence-electron chi connectivity index (χ3n) is 2.88. The predicted octanol–water partition coefficient (Wildman–Crippen LogP) is 3.29. The summed E-state index contributed by atoms with van der Waals surface area (Å²) in [7, 11) is 0.619. The number of hydrogen-bond acceptors (Lipinski definition) is 0. The molecule has 92 valence electrons. The molecule has 0 aliphatic heterocycles. The Morgan fingerprint density at radius 2 is 1.67 bits per heavy atom. The molecule has 0 saturated carbocycles. The molecule has 0 heterocycles. The average molecular weight is 273 g/mol. The van der Waals surface area contributed by atoms with Gasteiger partial charge in [0.1, 0.15) is 9.52 Å². The first-order valence-electron chi connectivity index (χ1n) is 6.09. The van der Waals surface area contributed by atoms with Crippen molar-refractivity contribution < 1.29 is 0 Å². The molecule has 0 N–H and O–H groups in total. The zero-order valence-electron chi connectivity index (χ0n) is 11.0. The molecule has 0 bridgehead atoms. The van der Waals surface area contributed by atoms with Crippen molar-refractivity contribution in [3.05, 3.63) is 59.1 Å².